The average Bonchev–Trinajstić information content (AvgIpc) is 2.18. The van der Waals surface area contributed by atoms with Gasteiger partial charge in [-0.1, -0.05) is 6.92 Å². The highest BCUT2D eigenvalue weighted by atomic mass is 32.2. The predicted molar refractivity (Wildman–Crippen MR) is 64.8 cm³/mol. The van der Waals surface area contributed by atoms with E-state index in [2.05, 4.69) is 0 Å². The van der Waals surface area contributed by atoms with Crippen molar-refractivity contribution < 1.29 is 13.2 Å². The van der Waals surface area contributed by atoms with Crippen LogP contribution >= 0.6 is 0 Å². The molecular weight excluding hydrogens is 228 g/mol. The molecule has 2 N–H and O–H groups in total. The summed E-state index contributed by atoms with van der Waals surface area (Å²) >= 11 is 0. The van der Waals surface area contributed by atoms with Gasteiger partial charge in [-0.25, -0.2) is 8.42 Å². The number of nitrogens with zero attached hydrogens (tertiary/aromatic N) is 1. The van der Waals surface area contributed by atoms with Gasteiger partial charge in [0.1, 0.15) is 0 Å². The fraction of sp³-hybridized carbons (Fsp3) is 0.900. The molecule has 96 valence electrons. The van der Waals surface area contributed by atoms with Crippen molar-refractivity contribution in [3.05, 3.63) is 0 Å². The SMILES string of the molecule is CCN(C(=O)CCN)C(C)CS(=O)(=O)CC. The quantitative estimate of drug-likeness (QED) is 0.690. The van der Waals surface area contributed by atoms with Crippen LogP contribution in [0.15, 0.2) is 0 Å². The van der Waals surface area contributed by atoms with Gasteiger partial charge in [-0.05, 0) is 13.8 Å². The van der Waals surface area contributed by atoms with Crippen molar-refractivity contribution in [1.82, 2.24) is 4.90 Å². The normalized spacial score (nSPS) is 13.5. The molecule has 0 aliphatic rings. The summed E-state index contributed by atoms with van der Waals surface area (Å²) < 4.78 is 22.9. The van der Waals surface area contributed by atoms with Gasteiger partial charge in [0.15, 0.2) is 9.84 Å². The Balaban J connectivity index is 4.54. The van der Waals surface area contributed by atoms with Crippen LogP contribution < -0.4 is 5.73 Å². The Morgan fingerprint density at radius 1 is 1.38 bits per heavy atom. The van der Waals surface area contributed by atoms with Crippen molar-refractivity contribution in [2.24, 2.45) is 5.73 Å². The van der Waals surface area contributed by atoms with E-state index < -0.39 is 9.84 Å². The molecule has 0 spiro atoms. The number of rotatable bonds is 7. The second-order valence-electron chi connectivity index (χ2n) is 3.77. The maximum atomic E-state index is 11.6. The van der Waals surface area contributed by atoms with Crippen molar-refractivity contribution in [3.8, 4) is 0 Å². The van der Waals surface area contributed by atoms with E-state index >= 15 is 0 Å². The molecule has 0 saturated heterocycles. The van der Waals surface area contributed by atoms with E-state index in [1.54, 1.807) is 18.7 Å². The van der Waals surface area contributed by atoms with Crippen LogP contribution in [-0.2, 0) is 14.6 Å². The summed E-state index contributed by atoms with van der Waals surface area (Å²) in [5.74, 6) is 0.0528. The third kappa shape index (κ3) is 4.94. The number of nitrogens with two attached hydrogens (primary N) is 1. The Morgan fingerprint density at radius 2 is 1.94 bits per heavy atom. The maximum Gasteiger partial charge on any atom is 0.224 e. The molecule has 0 rings (SSSR count). The lowest BCUT2D eigenvalue weighted by Gasteiger charge is -2.27. The molecule has 1 atom stereocenters. The van der Waals surface area contributed by atoms with Crippen LogP contribution in [0, 0.1) is 0 Å². The van der Waals surface area contributed by atoms with Crippen molar-refractivity contribution in [3.63, 3.8) is 0 Å². The Kier molecular flexibility index (Phi) is 6.59. The van der Waals surface area contributed by atoms with E-state index in [9.17, 15) is 13.2 Å². The minimum atomic E-state index is -3.05. The summed E-state index contributed by atoms with van der Waals surface area (Å²) in [6, 6.07) is -0.283. The van der Waals surface area contributed by atoms with Gasteiger partial charge in [0.2, 0.25) is 5.91 Å². The molecule has 6 heteroatoms. The number of hydrogen-bond donors (Lipinski definition) is 1. The second-order valence-corrected chi connectivity index (χ2v) is 6.16. The molecule has 0 radical (unpaired) electrons. The maximum absolute atomic E-state index is 11.6. The monoisotopic (exact) mass is 250 g/mol. The van der Waals surface area contributed by atoms with Gasteiger partial charge in [-0.2, -0.15) is 0 Å². The van der Waals surface area contributed by atoms with Crippen LogP contribution in [0.4, 0.5) is 0 Å². The van der Waals surface area contributed by atoms with Crippen LogP contribution in [-0.4, -0.2) is 49.9 Å². The van der Waals surface area contributed by atoms with E-state index in [1.807, 2.05) is 6.92 Å². The second kappa shape index (κ2) is 6.85. The highest BCUT2D eigenvalue weighted by Gasteiger charge is 2.22. The van der Waals surface area contributed by atoms with Gasteiger partial charge in [0.05, 0.1) is 5.75 Å². The van der Waals surface area contributed by atoms with Crippen molar-refractivity contribution >= 4 is 15.7 Å². The highest BCUT2D eigenvalue weighted by molar-refractivity contribution is 7.91. The van der Waals surface area contributed by atoms with E-state index in [0.717, 1.165) is 0 Å². The summed E-state index contributed by atoms with van der Waals surface area (Å²) in [5.41, 5.74) is 5.31. The molecule has 0 saturated carbocycles. The largest absolute Gasteiger partial charge is 0.339 e. The summed E-state index contributed by atoms with van der Waals surface area (Å²) in [7, 11) is -3.05. The molecule has 5 nitrogen and oxygen atoms in total. The number of carbonyl (C=O) groups is 1. The van der Waals surface area contributed by atoms with E-state index in [0.29, 0.717) is 13.1 Å². The first-order valence-electron chi connectivity index (χ1n) is 5.57. The molecule has 0 aliphatic carbocycles. The van der Waals surface area contributed by atoms with Crippen LogP contribution in [0.1, 0.15) is 27.2 Å². The topological polar surface area (TPSA) is 80.5 Å². The standard InChI is InChI=1S/C10H22N2O3S/c1-4-12(10(13)6-7-11)9(3)8-16(14,15)5-2/h9H,4-8,11H2,1-3H3. The molecule has 0 aromatic heterocycles. The first kappa shape index (κ1) is 15.4. The summed E-state index contributed by atoms with van der Waals surface area (Å²) in [5, 5.41) is 0. The zero-order chi connectivity index (χ0) is 12.8. The fourth-order valence-corrected chi connectivity index (χ4v) is 2.73. The molecule has 0 aromatic carbocycles. The Labute approximate surface area is 97.9 Å². The van der Waals surface area contributed by atoms with Crippen molar-refractivity contribution in [2.75, 3.05) is 24.6 Å². The van der Waals surface area contributed by atoms with E-state index in [-0.39, 0.29) is 29.9 Å². The molecule has 16 heavy (non-hydrogen) atoms. The number of hydrogen-bond acceptors (Lipinski definition) is 4. The average molecular weight is 250 g/mol. The molecule has 1 unspecified atom stereocenters. The van der Waals surface area contributed by atoms with Gasteiger partial charge in [-0.15, -0.1) is 0 Å². The summed E-state index contributed by atoms with van der Waals surface area (Å²) in [4.78, 5) is 13.2. The van der Waals surface area contributed by atoms with Crippen molar-refractivity contribution in [1.29, 1.82) is 0 Å². The smallest absolute Gasteiger partial charge is 0.224 e. The predicted octanol–water partition coefficient (Wildman–Crippen LogP) is 0.00690. The molecule has 0 heterocycles. The Morgan fingerprint density at radius 3 is 2.31 bits per heavy atom. The molecule has 0 fully saturated rings. The van der Waals surface area contributed by atoms with E-state index in [4.69, 9.17) is 5.73 Å². The Hall–Kier alpha value is -0.620. The minimum absolute atomic E-state index is 0.0215. The third-order valence-corrected chi connectivity index (χ3v) is 4.36. The summed E-state index contributed by atoms with van der Waals surface area (Å²) in [6.07, 6.45) is 0.268. The molecule has 1 amide bonds. The van der Waals surface area contributed by atoms with Gasteiger partial charge in [0, 0.05) is 31.3 Å². The lowest BCUT2D eigenvalue weighted by molar-refractivity contribution is -0.132. The van der Waals surface area contributed by atoms with E-state index in [1.165, 1.54) is 0 Å². The van der Waals surface area contributed by atoms with Gasteiger partial charge in [0.25, 0.3) is 0 Å². The third-order valence-electron chi connectivity index (χ3n) is 2.49. The zero-order valence-corrected chi connectivity index (χ0v) is 11.1. The number of carbonyl (C=O) groups excluding carboxylic acids is 1. The van der Waals surface area contributed by atoms with Gasteiger partial charge >= 0.3 is 0 Å². The van der Waals surface area contributed by atoms with Gasteiger partial charge in [-0.3, -0.25) is 4.79 Å². The van der Waals surface area contributed by atoms with Crippen LogP contribution in [0.25, 0.3) is 0 Å². The van der Waals surface area contributed by atoms with Crippen LogP contribution in [0.2, 0.25) is 0 Å². The molecular formula is C10H22N2O3S. The highest BCUT2D eigenvalue weighted by Crippen LogP contribution is 2.05. The minimum Gasteiger partial charge on any atom is -0.339 e. The molecule has 0 aliphatic heterocycles. The molecule has 0 aromatic rings. The first-order chi connectivity index (χ1) is 7.37. The number of sulfone groups is 1. The number of amides is 1. The molecule has 0 bridgehead atoms. The zero-order valence-electron chi connectivity index (χ0n) is 10.3. The Bertz CT molecular complexity index is 314. The van der Waals surface area contributed by atoms with Crippen LogP contribution in [0.5, 0.6) is 0 Å². The lowest BCUT2D eigenvalue weighted by atomic mass is 10.2. The van der Waals surface area contributed by atoms with Crippen molar-refractivity contribution in [2.45, 2.75) is 33.2 Å². The van der Waals surface area contributed by atoms with Crippen LogP contribution in [0.3, 0.4) is 0 Å². The summed E-state index contributed by atoms with van der Waals surface area (Å²) in [6.45, 7) is 6.01. The lowest BCUT2D eigenvalue weighted by Crippen LogP contribution is -2.43. The first-order valence-corrected chi connectivity index (χ1v) is 7.40. The fourth-order valence-electron chi connectivity index (χ4n) is 1.58. The van der Waals surface area contributed by atoms with Gasteiger partial charge < -0.3 is 10.6 Å².